The van der Waals surface area contributed by atoms with Gasteiger partial charge in [-0.25, -0.2) is 0 Å². The van der Waals surface area contributed by atoms with Crippen LogP contribution in [0.25, 0.3) is 0 Å². The Morgan fingerprint density at radius 1 is 1.48 bits per heavy atom. The SMILES string of the molecule is Cc1cc(C#CCO)cc(C(=O)NC2CCN(C)C2=O)c1. The highest BCUT2D eigenvalue weighted by Crippen LogP contribution is 2.12. The average Bonchev–Trinajstić information content (AvgIpc) is 2.76. The Kier molecular flexibility index (Phi) is 4.61. The van der Waals surface area contributed by atoms with Crippen LogP contribution in [0.15, 0.2) is 18.2 Å². The first-order valence-electron chi connectivity index (χ1n) is 6.78. The highest BCUT2D eigenvalue weighted by Gasteiger charge is 2.30. The van der Waals surface area contributed by atoms with Gasteiger partial charge in [-0.1, -0.05) is 11.8 Å². The number of benzene rings is 1. The number of amides is 2. The first-order chi connectivity index (χ1) is 10.0. The zero-order chi connectivity index (χ0) is 15.4. The van der Waals surface area contributed by atoms with Gasteiger partial charge < -0.3 is 15.3 Å². The number of aliphatic hydroxyl groups is 1. The van der Waals surface area contributed by atoms with Gasteiger partial charge in [0.25, 0.3) is 5.91 Å². The highest BCUT2D eigenvalue weighted by molar-refractivity contribution is 5.98. The maximum absolute atomic E-state index is 12.3. The second-order valence-electron chi connectivity index (χ2n) is 5.12. The van der Waals surface area contributed by atoms with E-state index in [0.717, 1.165) is 5.56 Å². The lowest BCUT2D eigenvalue weighted by Gasteiger charge is -2.12. The summed E-state index contributed by atoms with van der Waals surface area (Å²) in [6, 6.07) is 4.81. The van der Waals surface area contributed by atoms with Crippen molar-refractivity contribution in [3.63, 3.8) is 0 Å². The van der Waals surface area contributed by atoms with E-state index in [4.69, 9.17) is 5.11 Å². The summed E-state index contributed by atoms with van der Waals surface area (Å²) in [5.41, 5.74) is 2.04. The van der Waals surface area contributed by atoms with E-state index in [1.807, 2.05) is 13.0 Å². The topological polar surface area (TPSA) is 69.6 Å². The number of carbonyl (C=O) groups excluding carboxylic acids is 2. The van der Waals surface area contributed by atoms with E-state index >= 15 is 0 Å². The summed E-state index contributed by atoms with van der Waals surface area (Å²) in [7, 11) is 1.73. The minimum atomic E-state index is -0.449. The Hall–Kier alpha value is -2.32. The second kappa shape index (κ2) is 6.42. The number of aryl methyl sites for hydroxylation is 1. The normalized spacial score (nSPS) is 17.4. The number of nitrogens with one attached hydrogen (secondary N) is 1. The summed E-state index contributed by atoms with van der Waals surface area (Å²) >= 11 is 0. The molecular formula is C16H18N2O3. The molecular weight excluding hydrogens is 268 g/mol. The van der Waals surface area contributed by atoms with Gasteiger partial charge in [-0.2, -0.15) is 0 Å². The number of likely N-dealkylation sites (N-methyl/N-ethyl adjacent to an activating group) is 1. The third kappa shape index (κ3) is 3.61. The van der Waals surface area contributed by atoms with Crippen molar-refractivity contribution in [2.45, 2.75) is 19.4 Å². The van der Waals surface area contributed by atoms with Crippen LogP contribution in [0.3, 0.4) is 0 Å². The largest absolute Gasteiger partial charge is 0.384 e. The fourth-order valence-corrected chi connectivity index (χ4v) is 2.33. The number of hydrogen-bond acceptors (Lipinski definition) is 3. The van der Waals surface area contributed by atoms with Crippen molar-refractivity contribution in [1.82, 2.24) is 10.2 Å². The summed E-state index contributed by atoms with van der Waals surface area (Å²) in [4.78, 5) is 25.7. The molecule has 2 rings (SSSR count). The van der Waals surface area contributed by atoms with E-state index in [1.165, 1.54) is 0 Å². The van der Waals surface area contributed by atoms with E-state index in [1.54, 1.807) is 24.1 Å². The second-order valence-corrected chi connectivity index (χ2v) is 5.12. The molecule has 1 fully saturated rings. The summed E-state index contributed by atoms with van der Waals surface area (Å²) in [6.45, 7) is 2.30. The first-order valence-corrected chi connectivity index (χ1v) is 6.78. The Labute approximate surface area is 124 Å². The van der Waals surface area contributed by atoms with Crippen LogP contribution in [0.1, 0.15) is 27.9 Å². The molecule has 1 saturated heterocycles. The molecule has 1 unspecified atom stereocenters. The zero-order valence-electron chi connectivity index (χ0n) is 12.1. The first kappa shape index (κ1) is 15.1. The van der Waals surface area contributed by atoms with Gasteiger partial charge in [0.1, 0.15) is 12.6 Å². The molecule has 1 aliphatic rings. The number of nitrogens with zero attached hydrogens (tertiary/aromatic N) is 1. The molecule has 1 aromatic rings. The van der Waals surface area contributed by atoms with Crippen LogP contribution >= 0.6 is 0 Å². The number of carbonyl (C=O) groups is 2. The molecule has 5 heteroatoms. The standard InChI is InChI=1S/C16H18N2O3/c1-11-8-12(4-3-7-19)10-13(9-11)15(20)17-14-5-6-18(2)16(14)21/h8-10,14,19H,5-7H2,1-2H3,(H,17,20). The summed E-state index contributed by atoms with van der Waals surface area (Å²) < 4.78 is 0. The van der Waals surface area contributed by atoms with Gasteiger partial charge in [0.15, 0.2) is 0 Å². The number of rotatable bonds is 2. The molecule has 0 spiro atoms. The quantitative estimate of drug-likeness (QED) is 0.768. The molecule has 110 valence electrons. The van der Waals surface area contributed by atoms with Gasteiger partial charge in [0.2, 0.25) is 5.91 Å². The third-order valence-electron chi connectivity index (χ3n) is 3.38. The molecule has 1 aromatic carbocycles. The average molecular weight is 286 g/mol. The monoisotopic (exact) mass is 286 g/mol. The lowest BCUT2D eigenvalue weighted by molar-refractivity contribution is -0.128. The molecule has 0 aliphatic carbocycles. The summed E-state index contributed by atoms with van der Waals surface area (Å²) in [5, 5.41) is 11.5. The van der Waals surface area contributed by atoms with Gasteiger partial charge in [0, 0.05) is 24.7 Å². The minimum absolute atomic E-state index is 0.0590. The smallest absolute Gasteiger partial charge is 0.251 e. The third-order valence-corrected chi connectivity index (χ3v) is 3.38. The molecule has 1 aliphatic heterocycles. The van der Waals surface area contributed by atoms with Crippen LogP contribution < -0.4 is 5.32 Å². The van der Waals surface area contributed by atoms with Crippen LogP contribution in [-0.4, -0.2) is 48.1 Å². The van der Waals surface area contributed by atoms with Gasteiger partial charge in [-0.3, -0.25) is 9.59 Å². The van der Waals surface area contributed by atoms with Crippen LogP contribution in [0, 0.1) is 18.8 Å². The van der Waals surface area contributed by atoms with Crippen molar-refractivity contribution >= 4 is 11.8 Å². The van der Waals surface area contributed by atoms with Crippen LogP contribution in [0.2, 0.25) is 0 Å². The van der Waals surface area contributed by atoms with E-state index in [2.05, 4.69) is 17.2 Å². The molecule has 1 heterocycles. The van der Waals surface area contributed by atoms with E-state index < -0.39 is 6.04 Å². The number of hydrogen-bond donors (Lipinski definition) is 2. The van der Waals surface area contributed by atoms with Gasteiger partial charge in [-0.15, -0.1) is 0 Å². The van der Waals surface area contributed by atoms with Crippen LogP contribution in [-0.2, 0) is 4.79 Å². The van der Waals surface area contributed by atoms with E-state index in [9.17, 15) is 9.59 Å². The molecule has 2 N–H and O–H groups in total. The molecule has 2 amide bonds. The van der Waals surface area contributed by atoms with Crippen molar-refractivity contribution < 1.29 is 14.7 Å². The minimum Gasteiger partial charge on any atom is -0.384 e. The van der Waals surface area contributed by atoms with E-state index in [0.29, 0.717) is 24.1 Å². The summed E-state index contributed by atoms with van der Waals surface area (Å²) in [5.74, 6) is 5.00. The Balaban J connectivity index is 2.15. The maximum Gasteiger partial charge on any atom is 0.251 e. The van der Waals surface area contributed by atoms with Crippen molar-refractivity contribution in [3.8, 4) is 11.8 Å². The van der Waals surface area contributed by atoms with E-state index in [-0.39, 0.29) is 18.4 Å². The Morgan fingerprint density at radius 2 is 2.24 bits per heavy atom. The Morgan fingerprint density at radius 3 is 2.86 bits per heavy atom. The van der Waals surface area contributed by atoms with Crippen molar-refractivity contribution in [2.24, 2.45) is 0 Å². The molecule has 0 aromatic heterocycles. The van der Waals surface area contributed by atoms with Gasteiger partial charge >= 0.3 is 0 Å². The lowest BCUT2D eigenvalue weighted by atomic mass is 10.1. The molecule has 0 bridgehead atoms. The summed E-state index contributed by atoms with van der Waals surface area (Å²) in [6.07, 6.45) is 0.629. The van der Waals surface area contributed by atoms with Crippen LogP contribution in [0.4, 0.5) is 0 Å². The number of likely N-dealkylation sites (tertiary alicyclic amines) is 1. The molecule has 1 atom stereocenters. The van der Waals surface area contributed by atoms with Crippen molar-refractivity contribution in [3.05, 3.63) is 34.9 Å². The fourth-order valence-electron chi connectivity index (χ4n) is 2.33. The van der Waals surface area contributed by atoms with Gasteiger partial charge in [-0.05, 0) is 37.1 Å². The van der Waals surface area contributed by atoms with Gasteiger partial charge in [0.05, 0.1) is 0 Å². The molecule has 0 saturated carbocycles. The predicted octanol–water partition coefficient (Wildman–Crippen LogP) is 0.299. The van der Waals surface area contributed by atoms with Crippen LogP contribution in [0.5, 0.6) is 0 Å². The molecule has 21 heavy (non-hydrogen) atoms. The fraction of sp³-hybridized carbons (Fsp3) is 0.375. The predicted molar refractivity (Wildman–Crippen MR) is 78.7 cm³/mol. The highest BCUT2D eigenvalue weighted by atomic mass is 16.2. The molecule has 0 radical (unpaired) electrons. The van der Waals surface area contributed by atoms with Crippen molar-refractivity contribution in [1.29, 1.82) is 0 Å². The maximum atomic E-state index is 12.3. The Bertz CT molecular complexity index is 628. The number of aliphatic hydroxyl groups excluding tert-OH is 1. The molecule has 5 nitrogen and oxygen atoms in total. The van der Waals surface area contributed by atoms with Crippen molar-refractivity contribution in [2.75, 3.05) is 20.2 Å². The zero-order valence-corrected chi connectivity index (χ0v) is 12.1. The lowest BCUT2D eigenvalue weighted by Crippen LogP contribution is -2.40.